The molecule has 0 saturated heterocycles. The fourth-order valence-electron chi connectivity index (χ4n) is 2.16. The van der Waals surface area contributed by atoms with Crippen LogP contribution in [0.15, 0.2) is 42.5 Å². The van der Waals surface area contributed by atoms with Gasteiger partial charge in [-0.1, -0.05) is 0 Å². The van der Waals surface area contributed by atoms with Crippen molar-refractivity contribution >= 4 is 17.6 Å². The molecule has 0 aromatic heterocycles. The molecule has 0 spiro atoms. The van der Waals surface area contributed by atoms with E-state index in [2.05, 4.69) is 5.32 Å². The van der Waals surface area contributed by atoms with Crippen molar-refractivity contribution in [2.75, 3.05) is 32.8 Å². The predicted molar refractivity (Wildman–Crippen MR) is 96.1 cm³/mol. The molecular weight excluding hydrogens is 338 g/mol. The number of benzene rings is 2. The van der Waals surface area contributed by atoms with Crippen molar-refractivity contribution in [3.63, 3.8) is 0 Å². The summed E-state index contributed by atoms with van der Waals surface area (Å²) in [6, 6.07) is 11.5. The zero-order valence-corrected chi connectivity index (χ0v) is 14.9. The van der Waals surface area contributed by atoms with Crippen LogP contribution < -0.4 is 19.5 Å². The normalized spacial score (nSPS) is 9.96. The predicted octanol–water partition coefficient (Wildman–Crippen LogP) is 2.90. The van der Waals surface area contributed by atoms with Crippen LogP contribution in [0.25, 0.3) is 0 Å². The van der Waals surface area contributed by atoms with Gasteiger partial charge >= 0.3 is 5.97 Å². The Balaban J connectivity index is 1.92. The maximum absolute atomic E-state index is 12.1. The summed E-state index contributed by atoms with van der Waals surface area (Å²) in [4.78, 5) is 24.0. The van der Waals surface area contributed by atoms with Gasteiger partial charge in [0.25, 0.3) is 5.91 Å². The van der Waals surface area contributed by atoms with Gasteiger partial charge in [0, 0.05) is 5.69 Å². The van der Waals surface area contributed by atoms with Gasteiger partial charge in [-0.05, 0) is 49.4 Å². The molecule has 0 radical (unpaired) electrons. The maximum atomic E-state index is 12.1. The van der Waals surface area contributed by atoms with Gasteiger partial charge in [-0.25, -0.2) is 4.79 Å². The summed E-state index contributed by atoms with van der Waals surface area (Å²) in [6.45, 7) is 1.86. The van der Waals surface area contributed by atoms with Gasteiger partial charge in [-0.2, -0.15) is 0 Å². The second-order valence-electron chi connectivity index (χ2n) is 5.15. The van der Waals surface area contributed by atoms with E-state index in [1.165, 1.54) is 13.2 Å². The molecule has 0 fully saturated rings. The molecule has 7 heteroatoms. The molecule has 26 heavy (non-hydrogen) atoms. The monoisotopic (exact) mass is 359 g/mol. The number of hydrogen-bond acceptors (Lipinski definition) is 6. The number of amides is 1. The second-order valence-corrected chi connectivity index (χ2v) is 5.15. The average molecular weight is 359 g/mol. The molecular formula is C19H21NO6. The standard InChI is InChI=1S/C19H21NO6/c1-4-25-17-11-13(5-10-16(17)24-3)19(22)26-12-18(21)20-14-6-8-15(23-2)9-7-14/h5-11H,4,12H2,1-3H3,(H,20,21). The van der Waals surface area contributed by atoms with Gasteiger partial charge in [0.05, 0.1) is 26.4 Å². The van der Waals surface area contributed by atoms with Crippen LogP contribution in [0.2, 0.25) is 0 Å². The Bertz CT molecular complexity index is 757. The molecule has 0 aliphatic heterocycles. The van der Waals surface area contributed by atoms with Crippen molar-refractivity contribution in [1.29, 1.82) is 0 Å². The highest BCUT2D eigenvalue weighted by Gasteiger charge is 2.14. The number of nitrogens with one attached hydrogen (secondary N) is 1. The van der Waals surface area contributed by atoms with Crippen LogP contribution >= 0.6 is 0 Å². The number of carbonyl (C=O) groups excluding carboxylic acids is 2. The first-order valence-corrected chi connectivity index (χ1v) is 7.99. The molecule has 1 amide bonds. The topological polar surface area (TPSA) is 83.1 Å². The van der Waals surface area contributed by atoms with Gasteiger partial charge in [0.1, 0.15) is 5.75 Å². The molecule has 0 atom stereocenters. The van der Waals surface area contributed by atoms with Gasteiger partial charge < -0.3 is 24.3 Å². The largest absolute Gasteiger partial charge is 0.497 e. The highest BCUT2D eigenvalue weighted by Crippen LogP contribution is 2.28. The fourth-order valence-corrected chi connectivity index (χ4v) is 2.16. The van der Waals surface area contributed by atoms with Crippen LogP contribution in [0.3, 0.4) is 0 Å². The highest BCUT2D eigenvalue weighted by molar-refractivity contribution is 5.95. The molecule has 0 bridgehead atoms. The van der Waals surface area contributed by atoms with Crippen molar-refractivity contribution < 1.29 is 28.5 Å². The minimum Gasteiger partial charge on any atom is -0.497 e. The highest BCUT2D eigenvalue weighted by atomic mass is 16.5. The summed E-state index contributed by atoms with van der Waals surface area (Å²) in [5.41, 5.74) is 0.849. The van der Waals surface area contributed by atoms with Crippen LogP contribution in [0.1, 0.15) is 17.3 Å². The Hall–Kier alpha value is -3.22. The first kappa shape index (κ1) is 19.1. The number of rotatable bonds is 8. The first-order valence-electron chi connectivity index (χ1n) is 7.99. The minimum absolute atomic E-state index is 0.270. The third-order valence-corrected chi connectivity index (χ3v) is 3.41. The van der Waals surface area contributed by atoms with E-state index < -0.39 is 18.5 Å². The third kappa shape index (κ3) is 5.14. The molecule has 0 aliphatic carbocycles. The fraction of sp³-hybridized carbons (Fsp3) is 0.263. The number of carbonyl (C=O) groups is 2. The van der Waals surface area contributed by atoms with Gasteiger partial charge in [-0.15, -0.1) is 0 Å². The van der Waals surface area contributed by atoms with Gasteiger partial charge in [0.15, 0.2) is 18.1 Å². The number of methoxy groups -OCH3 is 2. The van der Waals surface area contributed by atoms with Crippen molar-refractivity contribution in [3.05, 3.63) is 48.0 Å². The quantitative estimate of drug-likeness (QED) is 0.730. The summed E-state index contributed by atoms with van der Waals surface area (Å²) in [5.74, 6) is 0.562. The molecule has 2 rings (SSSR count). The Morgan fingerprint density at radius 3 is 2.31 bits per heavy atom. The lowest BCUT2D eigenvalue weighted by Gasteiger charge is -2.11. The lowest BCUT2D eigenvalue weighted by molar-refractivity contribution is -0.119. The summed E-state index contributed by atoms with van der Waals surface area (Å²) >= 11 is 0. The molecule has 138 valence electrons. The zero-order chi connectivity index (χ0) is 18.9. The SMILES string of the molecule is CCOc1cc(C(=O)OCC(=O)Nc2ccc(OC)cc2)ccc1OC. The molecule has 0 heterocycles. The van der Waals surface area contributed by atoms with E-state index in [4.69, 9.17) is 18.9 Å². The molecule has 0 unspecified atom stereocenters. The van der Waals surface area contributed by atoms with Gasteiger partial charge in [-0.3, -0.25) is 4.79 Å². The maximum Gasteiger partial charge on any atom is 0.338 e. The van der Waals surface area contributed by atoms with Crippen LogP contribution in [0.4, 0.5) is 5.69 Å². The van der Waals surface area contributed by atoms with Crippen molar-refractivity contribution in [2.45, 2.75) is 6.92 Å². The number of anilines is 1. The molecule has 0 saturated carbocycles. The van der Waals surface area contributed by atoms with Crippen molar-refractivity contribution in [1.82, 2.24) is 0 Å². The summed E-state index contributed by atoms with van der Waals surface area (Å²) in [7, 11) is 3.07. The van der Waals surface area contributed by atoms with E-state index in [0.29, 0.717) is 29.5 Å². The third-order valence-electron chi connectivity index (χ3n) is 3.41. The van der Waals surface area contributed by atoms with E-state index in [0.717, 1.165) is 0 Å². The lowest BCUT2D eigenvalue weighted by atomic mass is 10.2. The summed E-state index contributed by atoms with van der Waals surface area (Å²) < 4.78 is 20.7. The summed E-state index contributed by atoms with van der Waals surface area (Å²) in [5, 5.41) is 2.63. The Morgan fingerprint density at radius 1 is 0.962 bits per heavy atom. The van der Waals surface area contributed by atoms with Crippen molar-refractivity contribution in [2.24, 2.45) is 0 Å². The van der Waals surface area contributed by atoms with Crippen LogP contribution in [0.5, 0.6) is 17.2 Å². The molecule has 0 aliphatic rings. The van der Waals surface area contributed by atoms with Crippen LogP contribution in [-0.2, 0) is 9.53 Å². The van der Waals surface area contributed by atoms with E-state index in [-0.39, 0.29) is 5.56 Å². The van der Waals surface area contributed by atoms with Gasteiger partial charge in [0.2, 0.25) is 0 Å². The van der Waals surface area contributed by atoms with E-state index >= 15 is 0 Å². The summed E-state index contributed by atoms with van der Waals surface area (Å²) in [6.07, 6.45) is 0. The van der Waals surface area contributed by atoms with E-state index in [1.807, 2.05) is 6.92 Å². The van der Waals surface area contributed by atoms with Crippen molar-refractivity contribution in [3.8, 4) is 17.2 Å². The first-order chi connectivity index (χ1) is 12.6. The molecule has 2 aromatic carbocycles. The smallest absolute Gasteiger partial charge is 0.338 e. The minimum atomic E-state index is -0.626. The van der Waals surface area contributed by atoms with E-state index in [9.17, 15) is 9.59 Å². The number of ether oxygens (including phenoxy) is 4. The number of esters is 1. The molecule has 2 aromatic rings. The molecule has 1 N–H and O–H groups in total. The van der Waals surface area contributed by atoms with Crippen LogP contribution in [-0.4, -0.2) is 39.3 Å². The lowest BCUT2D eigenvalue weighted by Crippen LogP contribution is -2.20. The second kappa shape index (κ2) is 9.31. The average Bonchev–Trinajstić information content (AvgIpc) is 2.67. The zero-order valence-electron chi connectivity index (χ0n) is 14.9. The number of hydrogen-bond donors (Lipinski definition) is 1. The Morgan fingerprint density at radius 2 is 1.69 bits per heavy atom. The Kier molecular flexibility index (Phi) is 6.84. The van der Waals surface area contributed by atoms with Crippen LogP contribution in [0, 0.1) is 0 Å². The Labute approximate surface area is 151 Å². The molecule has 7 nitrogen and oxygen atoms in total. The van der Waals surface area contributed by atoms with E-state index in [1.54, 1.807) is 43.5 Å².